The smallest absolute Gasteiger partial charge is 0.102 e. The van der Waals surface area contributed by atoms with Gasteiger partial charge in [-0.05, 0) is 12.8 Å². The van der Waals surface area contributed by atoms with Gasteiger partial charge in [0.2, 0.25) is 0 Å². The first-order valence-corrected chi connectivity index (χ1v) is 6.05. The maximum atomic E-state index is 8.73. The Hall–Kier alpha value is -1.34. The minimum Gasteiger partial charge on any atom is -0.296 e. The van der Waals surface area contributed by atoms with Gasteiger partial charge in [-0.2, -0.15) is 10.4 Å². The molecule has 1 aromatic heterocycles. The molecule has 2 aliphatic rings. The third-order valence-electron chi connectivity index (χ3n) is 3.84. The Balaban J connectivity index is 1.58. The van der Waals surface area contributed by atoms with Crippen molar-refractivity contribution in [2.24, 2.45) is 0 Å². The van der Waals surface area contributed by atoms with E-state index in [4.69, 9.17) is 5.26 Å². The van der Waals surface area contributed by atoms with Gasteiger partial charge >= 0.3 is 0 Å². The van der Waals surface area contributed by atoms with E-state index >= 15 is 0 Å². The molecular weight excluding hydrogens is 200 g/mol. The van der Waals surface area contributed by atoms with Crippen LogP contribution in [0, 0.1) is 11.3 Å². The average molecular weight is 216 g/mol. The lowest BCUT2D eigenvalue weighted by atomic mass is 10.0. The van der Waals surface area contributed by atoms with Gasteiger partial charge in [0.05, 0.1) is 17.8 Å². The fourth-order valence-corrected chi connectivity index (χ4v) is 2.82. The first-order chi connectivity index (χ1) is 7.86. The zero-order valence-corrected chi connectivity index (χ0v) is 9.34. The third-order valence-corrected chi connectivity index (χ3v) is 3.84. The fraction of sp³-hybridized carbons (Fsp3) is 0.667. The van der Waals surface area contributed by atoms with Crippen LogP contribution >= 0.6 is 0 Å². The standard InChI is InChI=1S/C12H16N4/c13-5-10-6-14-16(7-10)12-8-15(9-12)11-3-1-2-4-11/h6-7,11-12H,1-4,8-9H2. The number of nitrogens with zero attached hydrogens (tertiary/aromatic N) is 4. The van der Waals surface area contributed by atoms with Crippen molar-refractivity contribution >= 4 is 0 Å². The minimum absolute atomic E-state index is 0.489. The maximum Gasteiger partial charge on any atom is 0.102 e. The van der Waals surface area contributed by atoms with E-state index in [9.17, 15) is 0 Å². The van der Waals surface area contributed by atoms with E-state index in [2.05, 4.69) is 16.1 Å². The van der Waals surface area contributed by atoms with Gasteiger partial charge in [-0.1, -0.05) is 12.8 Å². The number of nitriles is 1. The van der Waals surface area contributed by atoms with Crippen LogP contribution in [0.3, 0.4) is 0 Å². The first-order valence-electron chi connectivity index (χ1n) is 6.05. The summed E-state index contributed by atoms with van der Waals surface area (Å²) in [6, 6.07) is 3.43. The van der Waals surface area contributed by atoms with Gasteiger partial charge in [0.25, 0.3) is 0 Å². The van der Waals surface area contributed by atoms with Crippen LogP contribution in [-0.4, -0.2) is 33.8 Å². The summed E-state index contributed by atoms with van der Waals surface area (Å²) in [6.07, 6.45) is 9.04. The number of aromatic nitrogens is 2. The van der Waals surface area contributed by atoms with Crippen molar-refractivity contribution in [2.45, 2.75) is 37.8 Å². The zero-order valence-electron chi connectivity index (χ0n) is 9.34. The quantitative estimate of drug-likeness (QED) is 0.753. The number of rotatable bonds is 2. The van der Waals surface area contributed by atoms with Crippen LogP contribution in [0.2, 0.25) is 0 Å². The number of hydrogen-bond donors (Lipinski definition) is 0. The van der Waals surface area contributed by atoms with Crippen molar-refractivity contribution in [3.8, 4) is 6.07 Å². The molecule has 0 radical (unpaired) electrons. The van der Waals surface area contributed by atoms with E-state index in [1.165, 1.54) is 25.7 Å². The second-order valence-electron chi connectivity index (χ2n) is 4.87. The molecular formula is C12H16N4. The van der Waals surface area contributed by atoms with Gasteiger partial charge in [0.1, 0.15) is 6.07 Å². The average Bonchev–Trinajstić information content (AvgIpc) is 2.85. The predicted octanol–water partition coefficient (Wildman–Crippen LogP) is 1.55. The number of likely N-dealkylation sites (tertiary alicyclic amines) is 1. The van der Waals surface area contributed by atoms with Crippen LogP contribution in [-0.2, 0) is 0 Å². The van der Waals surface area contributed by atoms with E-state index in [-0.39, 0.29) is 0 Å². The van der Waals surface area contributed by atoms with Crippen LogP contribution in [0.5, 0.6) is 0 Å². The Morgan fingerprint density at radius 2 is 2.00 bits per heavy atom. The zero-order chi connectivity index (χ0) is 11.0. The van der Waals surface area contributed by atoms with Gasteiger partial charge in [-0.15, -0.1) is 0 Å². The van der Waals surface area contributed by atoms with E-state index in [1.807, 2.05) is 10.9 Å². The molecule has 0 spiro atoms. The van der Waals surface area contributed by atoms with Gasteiger partial charge < -0.3 is 0 Å². The summed E-state index contributed by atoms with van der Waals surface area (Å²) in [5, 5.41) is 13.0. The van der Waals surface area contributed by atoms with Crippen LogP contribution in [0.15, 0.2) is 12.4 Å². The summed E-state index contributed by atoms with van der Waals surface area (Å²) in [6.45, 7) is 2.22. The normalized spacial score (nSPS) is 23.2. The minimum atomic E-state index is 0.489. The Morgan fingerprint density at radius 3 is 2.62 bits per heavy atom. The van der Waals surface area contributed by atoms with Crippen molar-refractivity contribution < 1.29 is 0 Å². The Labute approximate surface area is 95.5 Å². The summed E-state index contributed by atoms with van der Waals surface area (Å²) in [7, 11) is 0. The van der Waals surface area contributed by atoms with Crippen molar-refractivity contribution in [2.75, 3.05) is 13.1 Å². The van der Waals surface area contributed by atoms with Crippen molar-refractivity contribution in [3.05, 3.63) is 18.0 Å². The van der Waals surface area contributed by atoms with Crippen molar-refractivity contribution in [1.29, 1.82) is 5.26 Å². The second kappa shape index (κ2) is 3.91. The molecule has 0 N–H and O–H groups in total. The van der Waals surface area contributed by atoms with Crippen LogP contribution in [0.4, 0.5) is 0 Å². The molecule has 4 nitrogen and oxygen atoms in total. The van der Waals surface area contributed by atoms with Crippen molar-refractivity contribution in [1.82, 2.24) is 14.7 Å². The van der Waals surface area contributed by atoms with E-state index in [0.29, 0.717) is 11.6 Å². The topological polar surface area (TPSA) is 44.9 Å². The van der Waals surface area contributed by atoms with Crippen LogP contribution in [0.25, 0.3) is 0 Å². The molecule has 1 aliphatic heterocycles. The summed E-state index contributed by atoms with van der Waals surface area (Å²) >= 11 is 0. The Morgan fingerprint density at radius 1 is 1.25 bits per heavy atom. The van der Waals surface area contributed by atoms with E-state index in [0.717, 1.165) is 19.1 Å². The largest absolute Gasteiger partial charge is 0.296 e. The maximum absolute atomic E-state index is 8.73. The second-order valence-corrected chi connectivity index (χ2v) is 4.87. The highest BCUT2D eigenvalue weighted by atomic mass is 15.4. The lowest BCUT2D eigenvalue weighted by Crippen LogP contribution is -2.52. The monoisotopic (exact) mass is 216 g/mol. The summed E-state index contributed by atoms with van der Waals surface area (Å²) < 4.78 is 1.95. The molecule has 16 heavy (non-hydrogen) atoms. The molecule has 0 unspecified atom stereocenters. The summed E-state index contributed by atoms with van der Waals surface area (Å²) in [5.41, 5.74) is 0.666. The molecule has 0 amide bonds. The molecule has 3 rings (SSSR count). The molecule has 0 atom stereocenters. The molecule has 0 bridgehead atoms. The lowest BCUT2D eigenvalue weighted by Gasteiger charge is -2.43. The fourth-order valence-electron chi connectivity index (χ4n) is 2.82. The van der Waals surface area contributed by atoms with Crippen LogP contribution in [0.1, 0.15) is 37.3 Å². The van der Waals surface area contributed by atoms with Gasteiger partial charge in [-0.25, -0.2) is 0 Å². The Bertz CT molecular complexity index is 405. The molecule has 4 heteroatoms. The molecule has 1 aliphatic carbocycles. The van der Waals surface area contributed by atoms with Gasteiger partial charge in [0.15, 0.2) is 0 Å². The van der Waals surface area contributed by atoms with Crippen LogP contribution < -0.4 is 0 Å². The highest BCUT2D eigenvalue weighted by molar-refractivity contribution is 5.22. The highest BCUT2D eigenvalue weighted by Crippen LogP contribution is 2.31. The molecule has 2 fully saturated rings. The molecule has 1 aromatic rings. The predicted molar refractivity (Wildman–Crippen MR) is 59.8 cm³/mol. The highest BCUT2D eigenvalue weighted by Gasteiger charge is 2.34. The van der Waals surface area contributed by atoms with Gasteiger partial charge in [0, 0.05) is 25.3 Å². The summed E-state index contributed by atoms with van der Waals surface area (Å²) in [5.74, 6) is 0. The van der Waals surface area contributed by atoms with E-state index in [1.54, 1.807) is 6.20 Å². The Kier molecular flexibility index (Phi) is 2.41. The van der Waals surface area contributed by atoms with Crippen molar-refractivity contribution in [3.63, 3.8) is 0 Å². The SMILES string of the molecule is N#Cc1cnn(C2CN(C3CCCC3)C2)c1. The molecule has 1 saturated heterocycles. The lowest BCUT2D eigenvalue weighted by molar-refractivity contribution is 0.0553. The molecule has 2 heterocycles. The number of hydrogen-bond acceptors (Lipinski definition) is 3. The third kappa shape index (κ3) is 1.61. The molecule has 0 aromatic carbocycles. The summed E-state index contributed by atoms with van der Waals surface area (Å²) in [4.78, 5) is 2.56. The molecule has 1 saturated carbocycles. The van der Waals surface area contributed by atoms with E-state index < -0.39 is 0 Å². The molecule has 84 valence electrons. The van der Waals surface area contributed by atoms with Gasteiger partial charge in [-0.3, -0.25) is 9.58 Å². The first kappa shape index (κ1) is 9.86.